The van der Waals surface area contributed by atoms with Crippen molar-refractivity contribution < 1.29 is 45.3 Å². The number of rotatable bonds is 6. The molecule has 0 saturated carbocycles. The van der Waals surface area contributed by atoms with Gasteiger partial charge in [0.05, 0.1) is 54.8 Å². The van der Waals surface area contributed by atoms with Crippen LogP contribution < -0.4 is 9.64 Å². The van der Waals surface area contributed by atoms with Crippen molar-refractivity contribution in [2.75, 3.05) is 38.3 Å². The molecule has 9 nitrogen and oxygen atoms in total. The van der Waals surface area contributed by atoms with Crippen molar-refractivity contribution in [2.45, 2.75) is 38.0 Å². The number of nitrogens with zero attached hydrogens (tertiary/aromatic N) is 5. The molecule has 2 aliphatic heterocycles. The highest BCUT2D eigenvalue weighted by molar-refractivity contribution is 6.30. The fourth-order valence-electron chi connectivity index (χ4n) is 4.91. The van der Waals surface area contributed by atoms with Gasteiger partial charge in [0.2, 0.25) is 11.8 Å². The summed E-state index contributed by atoms with van der Waals surface area (Å²) in [5.41, 5.74) is -2.36. The molecule has 2 aliphatic rings. The zero-order valence-corrected chi connectivity index (χ0v) is 23.4. The predicted molar refractivity (Wildman–Crippen MR) is 141 cm³/mol. The van der Waals surface area contributed by atoms with Gasteiger partial charge in [-0.2, -0.15) is 26.3 Å². The Morgan fingerprint density at radius 3 is 2.23 bits per heavy atom. The van der Waals surface area contributed by atoms with E-state index in [1.165, 1.54) is 31.3 Å². The smallest absolute Gasteiger partial charge is 0.416 e. The molecule has 2 atom stereocenters. The van der Waals surface area contributed by atoms with E-state index >= 15 is 0 Å². The first-order chi connectivity index (χ1) is 20.3. The summed E-state index contributed by atoms with van der Waals surface area (Å²) in [4.78, 5) is 29.5. The number of halogens is 7. The third kappa shape index (κ3) is 6.42. The fourth-order valence-corrected chi connectivity index (χ4v) is 5.07. The molecule has 3 aromatic rings. The van der Waals surface area contributed by atoms with Crippen molar-refractivity contribution in [1.82, 2.24) is 19.9 Å². The van der Waals surface area contributed by atoms with Crippen LogP contribution in [0.1, 0.15) is 35.4 Å². The lowest BCUT2D eigenvalue weighted by Gasteiger charge is -2.28. The molecule has 4 heterocycles. The second-order valence-electron chi connectivity index (χ2n) is 9.85. The number of morpholine rings is 1. The Labute approximate surface area is 246 Å². The van der Waals surface area contributed by atoms with Crippen molar-refractivity contribution in [3.05, 3.63) is 64.1 Å². The number of amides is 1. The lowest BCUT2D eigenvalue weighted by molar-refractivity contribution is -0.143. The summed E-state index contributed by atoms with van der Waals surface area (Å²) in [5.74, 6) is 0.521. The number of cyclic esters (lactones) is 1. The molecular formula is C27H24ClF6N5O4. The molecule has 2 fully saturated rings. The number of anilines is 1. The third-order valence-electron chi connectivity index (χ3n) is 7.10. The van der Waals surface area contributed by atoms with Crippen LogP contribution in [0, 0.1) is 0 Å². The number of ether oxygens (including phenoxy) is 3. The number of benzene rings is 1. The monoisotopic (exact) mass is 631 g/mol. The molecule has 0 N–H and O–H groups in total. The van der Waals surface area contributed by atoms with Gasteiger partial charge < -0.3 is 19.1 Å². The lowest BCUT2D eigenvalue weighted by atomic mass is 9.97. The first-order valence-electron chi connectivity index (χ1n) is 12.9. The van der Waals surface area contributed by atoms with Gasteiger partial charge in [-0.3, -0.25) is 4.90 Å². The highest BCUT2D eigenvalue weighted by Gasteiger charge is 2.43. The van der Waals surface area contributed by atoms with E-state index in [2.05, 4.69) is 15.0 Å². The number of hydrogen-bond donors (Lipinski definition) is 0. The van der Waals surface area contributed by atoms with E-state index in [0.717, 1.165) is 0 Å². The maximum absolute atomic E-state index is 13.5. The maximum Gasteiger partial charge on any atom is 0.416 e. The first-order valence-corrected chi connectivity index (χ1v) is 13.3. The molecule has 0 bridgehead atoms. The fraction of sp³-hybridized carbons (Fsp3) is 0.407. The average molecular weight is 632 g/mol. The lowest BCUT2D eigenvalue weighted by Crippen LogP contribution is -2.38. The molecule has 230 valence electrons. The number of carbonyl (C=O) groups is 1. The second kappa shape index (κ2) is 11.7. The molecule has 2 saturated heterocycles. The minimum absolute atomic E-state index is 0.0233. The van der Waals surface area contributed by atoms with Crippen molar-refractivity contribution in [3.8, 4) is 17.0 Å². The highest BCUT2D eigenvalue weighted by Crippen LogP contribution is 2.42. The van der Waals surface area contributed by atoms with E-state index in [-0.39, 0.29) is 23.5 Å². The molecule has 5 rings (SSSR count). The normalized spacial score (nSPS) is 19.5. The second-order valence-corrected chi connectivity index (χ2v) is 10.3. The molecular weight excluding hydrogens is 608 g/mol. The zero-order chi connectivity index (χ0) is 31.1. The molecule has 0 radical (unpaired) electrons. The van der Waals surface area contributed by atoms with Crippen LogP contribution in [0.2, 0.25) is 5.02 Å². The van der Waals surface area contributed by atoms with Gasteiger partial charge in [-0.05, 0) is 36.8 Å². The molecule has 0 spiro atoms. The molecule has 1 aromatic carbocycles. The number of alkyl halides is 6. The average Bonchev–Trinajstić information content (AvgIpc) is 3.25. The van der Waals surface area contributed by atoms with Gasteiger partial charge in [0.1, 0.15) is 6.10 Å². The van der Waals surface area contributed by atoms with Crippen molar-refractivity contribution in [2.24, 2.45) is 0 Å². The third-order valence-corrected chi connectivity index (χ3v) is 7.31. The topological polar surface area (TPSA) is 89.9 Å². The van der Waals surface area contributed by atoms with E-state index in [0.29, 0.717) is 61.2 Å². The van der Waals surface area contributed by atoms with Crippen molar-refractivity contribution in [3.63, 3.8) is 0 Å². The van der Waals surface area contributed by atoms with Crippen LogP contribution in [-0.4, -0.2) is 65.4 Å². The Balaban J connectivity index is 1.54. The van der Waals surface area contributed by atoms with Gasteiger partial charge in [-0.15, -0.1) is 0 Å². The minimum Gasteiger partial charge on any atom is -0.481 e. The number of methoxy groups -OCH3 is 1. The van der Waals surface area contributed by atoms with Crippen LogP contribution in [0.4, 0.5) is 37.1 Å². The zero-order valence-electron chi connectivity index (χ0n) is 22.7. The van der Waals surface area contributed by atoms with Crippen molar-refractivity contribution in [1.29, 1.82) is 0 Å². The number of carbonyl (C=O) groups excluding carboxylic acids is 1. The maximum atomic E-state index is 13.5. The van der Waals surface area contributed by atoms with Crippen LogP contribution in [0.25, 0.3) is 11.1 Å². The summed E-state index contributed by atoms with van der Waals surface area (Å²) in [6.45, 7) is 3.13. The van der Waals surface area contributed by atoms with Crippen LogP contribution in [0.3, 0.4) is 0 Å². The van der Waals surface area contributed by atoms with Crippen LogP contribution in [0.15, 0.2) is 36.7 Å². The van der Waals surface area contributed by atoms with E-state index in [4.69, 9.17) is 25.8 Å². The van der Waals surface area contributed by atoms with Gasteiger partial charge in [0, 0.05) is 36.6 Å². The highest BCUT2D eigenvalue weighted by atomic mass is 35.5. The summed E-state index contributed by atoms with van der Waals surface area (Å²) in [5, 5.41) is 0.276. The van der Waals surface area contributed by atoms with E-state index < -0.39 is 47.3 Å². The molecule has 16 heteroatoms. The summed E-state index contributed by atoms with van der Waals surface area (Å²) in [6, 6.07) is 1.73. The van der Waals surface area contributed by atoms with Crippen LogP contribution >= 0.6 is 11.6 Å². The standard InChI is InChI=1S/C27H24ClF6N5O4/c1-14-22(15-7-16(26(29,30)31)9-17(8-15)27(32,33)34)43-25(40)39(14)13-21-20(19-10-18(28)11-35-23(19)41-2)12-36-24(37-21)38-3-5-42-6-4-38/h7-12,14,22H,3-6,13H2,1-2H3. The SMILES string of the molecule is COc1ncc(Cl)cc1-c1cnc(N2CCOCC2)nc1CN1C(=O)OC(c2cc(C(F)(F)F)cc(C(F)(F)F)c2)C1C. The summed E-state index contributed by atoms with van der Waals surface area (Å²) in [7, 11) is 1.40. The Kier molecular flexibility index (Phi) is 8.31. The molecule has 2 aromatic heterocycles. The Morgan fingerprint density at radius 2 is 1.63 bits per heavy atom. The summed E-state index contributed by atoms with van der Waals surface area (Å²) < 4.78 is 97.2. The number of pyridine rings is 1. The van der Waals surface area contributed by atoms with Gasteiger partial charge in [-0.1, -0.05) is 11.6 Å². The molecule has 2 unspecified atom stereocenters. The Morgan fingerprint density at radius 1 is 0.977 bits per heavy atom. The van der Waals surface area contributed by atoms with Gasteiger partial charge >= 0.3 is 18.4 Å². The van der Waals surface area contributed by atoms with Gasteiger partial charge in [0.15, 0.2) is 0 Å². The van der Waals surface area contributed by atoms with Gasteiger partial charge in [0.25, 0.3) is 0 Å². The molecule has 43 heavy (non-hydrogen) atoms. The minimum atomic E-state index is -5.06. The van der Waals surface area contributed by atoms with Crippen molar-refractivity contribution >= 4 is 23.6 Å². The van der Waals surface area contributed by atoms with E-state index in [1.807, 2.05) is 4.90 Å². The number of hydrogen-bond acceptors (Lipinski definition) is 8. The largest absolute Gasteiger partial charge is 0.481 e. The van der Waals surface area contributed by atoms with Crippen LogP contribution in [-0.2, 0) is 28.4 Å². The molecule has 1 amide bonds. The van der Waals surface area contributed by atoms with E-state index in [9.17, 15) is 31.1 Å². The summed E-state index contributed by atoms with van der Waals surface area (Å²) >= 11 is 6.20. The Bertz CT molecular complexity index is 1480. The van der Waals surface area contributed by atoms with E-state index in [1.54, 1.807) is 6.07 Å². The van der Waals surface area contributed by atoms with Crippen LogP contribution in [0.5, 0.6) is 5.88 Å². The predicted octanol–water partition coefficient (Wildman–Crippen LogP) is 6.16. The first kappa shape index (κ1) is 30.6. The summed E-state index contributed by atoms with van der Waals surface area (Å²) in [6.07, 6.45) is -9.61. The van der Waals surface area contributed by atoms with Gasteiger partial charge in [-0.25, -0.2) is 19.7 Å². The number of aromatic nitrogens is 3. The Hall–Kier alpha value is -3.85. The quantitative estimate of drug-likeness (QED) is 0.299. The molecule has 0 aliphatic carbocycles.